The molecule has 3 rings (SSSR count). The van der Waals surface area contributed by atoms with E-state index in [1.54, 1.807) is 36.9 Å². The van der Waals surface area contributed by atoms with Gasteiger partial charge < -0.3 is 0 Å². The molecule has 2 aliphatic rings. The Balaban J connectivity index is 1.80. The van der Waals surface area contributed by atoms with Gasteiger partial charge in [0.1, 0.15) is 0 Å². The molecular formula is C18H19NO5S2. The standard InChI is InChI=1S/C18H19NO5S2/c1-3-10-26(22,23)24-19(2)18(21)12-8-9-16-14(11-12)17(20)13-6-4-5-7-15(13)25-16/h4-9,11,14,16H,3,10H2,1-2H3. The maximum Gasteiger partial charge on any atom is 0.288 e. The molecule has 0 saturated carbocycles. The molecule has 0 fully saturated rings. The summed E-state index contributed by atoms with van der Waals surface area (Å²) in [6.45, 7) is 1.71. The van der Waals surface area contributed by atoms with Crippen LogP contribution in [0.2, 0.25) is 0 Å². The summed E-state index contributed by atoms with van der Waals surface area (Å²) in [6, 6.07) is 7.39. The van der Waals surface area contributed by atoms with E-state index in [4.69, 9.17) is 4.28 Å². The number of benzene rings is 1. The third-order valence-electron chi connectivity index (χ3n) is 4.11. The van der Waals surface area contributed by atoms with Crippen LogP contribution >= 0.6 is 11.8 Å². The molecule has 2 unspecified atom stereocenters. The number of allylic oxidation sites excluding steroid dienone is 1. The Morgan fingerprint density at radius 1 is 1.31 bits per heavy atom. The third kappa shape index (κ3) is 3.77. The molecule has 26 heavy (non-hydrogen) atoms. The van der Waals surface area contributed by atoms with Crippen LogP contribution in [0.25, 0.3) is 0 Å². The summed E-state index contributed by atoms with van der Waals surface area (Å²) < 4.78 is 28.3. The van der Waals surface area contributed by atoms with Gasteiger partial charge in [0.2, 0.25) is 0 Å². The fourth-order valence-corrected chi connectivity index (χ4v) is 5.15. The Morgan fingerprint density at radius 2 is 2.04 bits per heavy atom. The van der Waals surface area contributed by atoms with Crippen LogP contribution in [-0.4, -0.2) is 43.2 Å². The SMILES string of the molecule is CCCS(=O)(=O)ON(C)C(=O)C1=CC2C(=O)c3ccccc3SC2C=C1. The minimum Gasteiger partial charge on any atom is -0.293 e. The molecular weight excluding hydrogens is 374 g/mol. The first-order chi connectivity index (χ1) is 12.3. The van der Waals surface area contributed by atoms with E-state index in [0.717, 1.165) is 4.90 Å². The van der Waals surface area contributed by atoms with Gasteiger partial charge in [-0.2, -0.15) is 8.42 Å². The zero-order chi connectivity index (χ0) is 18.9. The number of carbonyl (C=O) groups is 2. The number of hydrogen-bond donors (Lipinski definition) is 0. The highest BCUT2D eigenvalue weighted by Crippen LogP contribution is 2.41. The van der Waals surface area contributed by atoms with Gasteiger partial charge in [-0.25, -0.2) is 5.06 Å². The molecule has 0 bridgehead atoms. The van der Waals surface area contributed by atoms with Gasteiger partial charge in [0.15, 0.2) is 5.78 Å². The van der Waals surface area contributed by atoms with Crippen molar-refractivity contribution in [2.75, 3.05) is 12.8 Å². The lowest BCUT2D eigenvalue weighted by Crippen LogP contribution is -2.35. The summed E-state index contributed by atoms with van der Waals surface area (Å²) in [5, 5.41) is 0.625. The highest BCUT2D eigenvalue weighted by atomic mass is 32.2. The lowest BCUT2D eigenvalue weighted by Gasteiger charge is -2.30. The highest BCUT2D eigenvalue weighted by Gasteiger charge is 2.36. The van der Waals surface area contributed by atoms with Crippen LogP contribution in [0.3, 0.4) is 0 Å². The van der Waals surface area contributed by atoms with Crippen molar-refractivity contribution in [3.05, 3.63) is 53.6 Å². The van der Waals surface area contributed by atoms with E-state index in [0.29, 0.717) is 17.0 Å². The van der Waals surface area contributed by atoms with Crippen LogP contribution in [0.5, 0.6) is 0 Å². The summed E-state index contributed by atoms with van der Waals surface area (Å²) in [5.41, 5.74) is 0.890. The van der Waals surface area contributed by atoms with Gasteiger partial charge in [0.25, 0.3) is 16.0 Å². The molecule has 8 heteroatoms. The van der Waals surface area contributed by atoms with Gasteiger partial charge >= 0.3 is 0 Å². The van der Waals surface area contributed by atoms with E-state index in [2.05, 4.69) is 0 Å². The van der Waals surface area contributed by atoms with E-state index < -0.39 is 21.9 Å². The molecule has 1 aromatic carbocycles. The molecule has 1 amide bonds. The molecule has 1 aromatic rings. The predicted octanol–water partition coefficient (Wildman–Crippen LogP) is 2.59. The van der Waals surface area contributed by atoms with Crippen molar-refractivity contribution in [2.45, 2.75) is 23.5 Å². The number of rotatable bonds is 5. The second-order valence-corrected chi connectivity index (χ2v) is 8.98. The van der Waals surface area contributed by atoms with Crippen molar-refractivity contribution < 1.29 is 22.3 Å². The Labute approximate surface area is 157 Å². The van der Waals surface area contributed by atoms with Crippen LogP contribution in [0.15, 0.2) is 53.0 Å². The minimum atomic E-state index is -3.81. The second-order valence-electron chi connectivity index (χ2n) is 6.09. The monoisotopic (exact) mass is 393 g/mol. The predicted molar refractivity (Wildman–Crippen MR) is 99.1 cm³/mol. The molecule has 0 aromatic heterocycles. The topological polar surface area (TPSA) is 80.8 Å². The third-order valence-corrected chi connectivity index (χ3v) is 6.80. The number of amides is 1. The fraction of sp³-hybridized carbons (Fsp3) is 0.333. The van der Waals surface area contributed by atoms with E-state index in [9.17, 15) is 18.0 Å². The fourth-order valence-electron chi connectivity index (χ4n) is 2.91. The molecule has 0 N–H and O–H groups in total. The first-order valence-corrected chi connectivity index (χ1v) is 10.7. The van der Waals surface area contributed by atoms with E-state index in [-0.39, 0.29) is 22.4 Å². The van der Waals surface area contributed by atoms with Crippen LogP contribution in [0.1, 0.15) is 23.7 Å². The molecule has 138 valence electrons. The lowest BCUT2D eigenvalue weighted by molar-refractivity contribution is -0.146. The summed E-state index contributed by atoms with van der Waals surface area (Å²) in [5.74, 6) is -1.27. The van der Waals surface area contributed by atoms with Crippen LogP contribution in [-0.2, 0) is 19.2 Å². The van der Waals surface area contributed by atoms with E-state index >= 15 is 0 Å². The zero-order valence-corrected chi connectivity index (χ0v) is 16.0. The molecule has 0 saturated heterocycles. The number of thioether (sulfide) groups is 1. The molecule has 0 spiro atoms. The van der Waals surface area contributed by atoms with Crippen molar-refractivity contribution in [1.29, 1.82) is 0 Å². The number of ketones is 1. The summed E-state index contributed by atoms with van der Waals surface area (Å²) in [4.78, 5) is 26.2. The molecule has 1 aliphatic carbocycles. The van der Waals surface area contributed by atoms with Crippen molar-refractivity contribution in [3.63, 3.8) is 0 Å². The maximum absolute atomic E-state index is 12.8. The first kappa shape index (κ1) is 18.9. The van der Waals surface area contributed by atoms with Gasteiger partial charge in [-0.15, -0.1) is 16.0 Å². The number of likely N-dealkylation sites (N-methyl/N-ethyl adjacent to an activating group) is 1. The number of Topliss-reactive ketones (excluding diaryl/α,β-unsaturated/α-hetero) is 1. The molecule has 1 aliphatic heterocycles. The number of fused-ring (bicyclic) bond motifs is 2. The molecule has 0 radical (unpaired) electrons. The Morgan fingerprint density at radius 3 is 2.77 bits per heavy atom. The normalized spacial score (nSPS) is 21.6. The van der Waals surface area contributed by atoms with E-state index in [1.807, 2.05) is 24.3 Å². The summed E-state index contributed by atoms with van der Waals surface area (Å²) in [6.07, 6.45) is 5.42. The quantitative estimate of drug-likeness (QED) is 0.716. The first-order valence-electron chi connectivity index (χ1n) is 8.22. The molecule has 6 nitrogen and oxygen atoms in total. The van der Waals surface area contributed by atoms with Gasteiger partial charge in [0, 0.05) is 28.3 Å². The minimum absolute atomic E-state index is 0.0406. The van der Waals surface area contributed by atoms with Crippen molar-refractivity contribution in [2.24, 2.45) is 5.92 Å². The number of carbonyl (C=O) groups excluding carboxylic acids is 2. The van der Waals surface area contributed by atoms with Crippen LogP contribution in [0, 0.1) is 5.92 Å². The van der Waals surface area contributed by atoms with Gasteiger partial charge in [-0.1, -0.05) is 43.4 Å². The lowest BCUT2D eigenvalue weighted by atomic mass is 9.88. The number of nitrogens with zero attached hydrogens (tertiary/aromatic N) is 1. The maximum atomic E-state index is 12.8. The van der Waals surface area contributed by atoms with Gasteiger partial charge in [-0.3, -0.25) is 9.59 Å². The highest BCUT2D eigenvalue weighted by molar-refractivity contribution is 8.00. The number of hydrogen-bond acceptors (Lipinski definition) is 6. The molecule has 2 atom stereocenters. The van der Waals surface area contributed by atoms with Crippen LogP contribution < -0.4 is 0 Å². The van der Waals surface area contributed by atoms with Gasteiger partial charge in [0.05, 0.1) is 11.7 Å². The zero-order valence-electron chi connectivity index (χ0n) is 14.4. The Bertz CT molecular complexity index is 904. The van der Waals surface area contributed by atoms with Crippen molar-refractivity contribution in [3.8, 4) is 0 Å². The average Bonchev–Trinajstić information content (AvgIpc) is 2.60. The van der Waals surface area contributed by atoms with Crippen molar-refractivity contribution in [1.82, 2.24) is 5.06 Å². The summed E-state index contributed by atoms with van der Waals surface area (Å²) in [7, 11) is -2.55. The Hall–Kier alpha value is -1.90. The van der Waals surface area contributed by atoms with Crippen molar-refractivity contribution >= 4 is 33.6 Å². The second kappa shape index (κ2) is 7.38. The summed E-state index contributed by atoms with van der Waals surface area (Å²) >= 11 is 1.58. The Kier molecular flexibility index (Phi) is 5.36. The van der Waals surface area contributed by atoms with Crippen LogP contribution in [0.4, 0.5) is 0 Å². The van der Waals surface area contributed by atoms with E-state index in [1.165, 1.54) is 7.05 Å². The number of hydroxylamine groups is 2. The smallest absolute Gasteiger partial charge is 0.288 e. The molecule has 1 heterocycles. The largest absolute Gasteiger partial charge is 0.293 e. The van der Waals surface area contributed by atoms with Gasteiger partial charge in [-0.05, 0) is 12.5 Å². The average molecular weight is 393 g/mol.